The maximum absolute atomic E-state index is 14.4. The maximum atomic E-state index is 14.4. The van der Waals surface area contributed by atoms with Crippen molar-refractivity contribution in [2.75, 3.05) is 24.2 Å². The summed E-state index contributed by atoms with van der Waals surface area (Å²) in [6.45, 7) is 5.58. The second-order valence-electron chi connectivity index (χ2n) is 8.33. The third-order valence-corrected chi connectivity index (χ3v) is 6.61. The van der Waals surface area contributed by atoms with E-state index >= 15 is 0 Å². The van der Waals surface area contributed by atoms with Crippen LogP contribution in [-0.4, -0.2) is 44.0 Å². The van der Waals surface area contributed by atoms with Gasteiger partial charge in [-0.15, -0.1) is 0 Å². The molecule has 1 aromatic heterocycles. The monoisotopic (exact) mass is 459 g/mol. The SMILES string of the molecule is CC(C)c1noc(N2CCC(Oc3ccc(-c4ccc(S(C)(=O)=O)cc4F)cc3)CC2)n1. The van der Waals surface area contributed by atoms with Crippen LogP contribution in [0.5, 0.6) is 5.75 Å². The highest BCUT2D eigenvalue weighted by molar-refractivity contribution is 7.90. The van der Waals surface area contributed by atoms with Gasteiger partial charge in [-0.2, -0.15) is 4.98 Å². The highest BCUT2D eigenvalue weighted by Gasteiger charge is 2.24. The summed E-state index contributed by atoms with van der Waals surface area (Å²) in [6.07, 6.45) is 2.77. The Kier molecular flexibility index (Phi) is 6.19. The van der Waals surface area contributed by atoms with Gasteiger partial charge in [-0.1, -0.05) is 37.2 Å². The summed E-state index contributed by atoms with van der Waals surface area (Å²) in [5, 5.41) is 4.02. The number of benzene rings is 2. The van der Waals surface area contributed by atoms with E-state index in [1.807, 2.05) is 13.8 Å². The summed E-state index contributed by atoms with van der Waals surface area (Å²) >= 11 is 0. The van der Waals surface area contributed by atoms with Crippen LogP contribution in [0.2, 0.25) is 0 Å². The lowest BCUT2D eigenvalue weighted by molar-refractivity contribution is 0.168. The molecule has 0 radical (unpaired) electrons. The highest BCUT2D eigenvalue weighted by Crippen LogP contribution is 2.28. The van der Waals surface area contributed by atoms with Crippen molar-refractivity contribution in [2.24, 2.45) is 0 Å². The maximum Gasteiger partial charge on any atom is 0.324 e. The molecule has 1 fully saturated rings. The van der Waals surface area contributed by atoms with Crippen molar-refractivity contribution in [2.45, 2.75) is 43.6 Å². The minimum atomic E-state index is -3.45. The first-order valence-electron chi connectivity index (χ1n) is 10.6. The molecule has 1 aliphatic heterocycles. The van der Waals surface area contributed by atoms with Crippen molar-refractivity contribution in [1.29, 1.82) is 0 Å². The number of aromatic nitrogens is 2. The van der Waals surface area contributed by atoms with Crippen LogP contribution in [0.25, 0.3) is 11.1 Å². The average Bonchev–Trinajstić information content (AvgIpc) is 3.25. The van der Waals surface area contributed by atoms with Crippen molar-refractivity contribution in [1.82, 2.24) is 10.1 Å². The number of hydrogen-bond acceptors (Lipinski definition) is 7. The molecule has 1 saturated heterocycles. The Morgan fingerprint density at radius 3 is 2.38 bits per heavy atom. The molecule has 0 unspecified atom stereocenters. The molecule has 3 aromatic rings. The van der Waals surface area contributed by atoms with Gasteiger partial charge in [0, 0.05) is 43.7 Å². The third-order valence-electron chi connectivity index (χ3n) is 5.50. The first-order valence-corrected chi connectivity index (χ1v) is 12.4. The van der Waals surface area contributed by atoms with Gasteiger partial charge in [0.2, 0.25) is 0 Å². The zero-order valence-corrected chi connectivity index (χ0v) is 19.1. The van der Waals surface area contributed by atoms with Crippen LogP contribution in [-0.2, 0) is 9.84 Å². The molecule has 0 aliphatic carbocycles. The molecule has 32 heavy (non-hydrogen) atoms. The number of nitrogens with zero attached hydrogens (tertiary/aromatic N) is 3. The lowest BCUT2D eigenvalue weighted by Crippen LogP contribution is -2.38. The van der Waals surface area contributed by atoms with E-state index in [4.69, 9.17) is 9.26 Å². The molecule has 4 rings (SSSR count). The van der Waals surface area contributed by atoms with E-state index in [-0.39, 0.29) is 16.9 Å². The van der Waals surface area contributed by atoms with Gasteiger partial charge in [0.25, 0.3) is 0 Å². The van der Waals surface area contributed by atoms with Gasteiger partial charge in [-0.3, -0.25) is 0 Å². The summed E-state index contributed by atoms with van der Waals surface area (Å²) < 4.78 is 49.1. The zero-order chi connectivity index (χ0) is 22.9. The van der Waals surface area contributed by atoms with Crippen LogP contribution in [0.3, 0.4) is 0 Å². The van der Waals surface area contributed by atoms with Crippen molar-refractivity contribution >= 4 is 15.9 Å². The normalized spacial score (nSPS) is 15.3. The van der Waals surface area contributed by atoms with Crippen LogP contribution >= 0.6 is 0 Å². The third kappa shape index (κ3) is 4.93. The minimum absolute atomic E-state index is 0.0361. The predicted molar refractivity (Wildman–Crippen MR) is 119 cm³/mol. The highest BCUT2D eigenvalue weighted by atomic mass is 32.2. The number of halogens is 1. The Morgan fingerprint density at radius 1 is 1.12 bits per heavy atom. The summed E-state index contributed by atoms with van der Waals surface area (Å²) in [7, 11) is -3.45. The molecule has 2 aromatic carbocycles. The van der Waals surface area contributed by atoms with Crippen molar-refractivity contribution in [3.8, 4) is 16.9 Å². The minimum Gasteiger partial charge on any atom is -0.490 e. The van der Waals surface area contributed by atoms with Crippen LogP contribution in [0.1, 0.15) is 38.4 Å². The molecule has 0 atom stereocenters. The molecule has 7 nitrogen and oxygen atoms in total. The fourth-order valence-electron chi connectivity index (χ4n) is 3.62. The number of sulfone groups is 1. The standard InChI is InChI=1S/C23H26FN3O4S/c1-15(2)22-25-23(31-26-22)27-12-10-18(11-13-27)30-17-6-4-16(5-7-17)20-9-8-19(14-21(20)24)32(3,28)29/h4-9,14-15,18H,10-13H2,1-3H3. The molecule has 1 aliphatic rings. The van der Waals surface area contributed by atoms with Gasteiger partial charge >= 0.3 is 6.01 Å². The Morgan fingerprint density at radius 2 is 1.81 bits per heavy atom. The van der Waals surface area contributed by atoms with Crippen LogP contribution < -0.4 is 9.64 Å². The second kappa shape index (κ2) is 8.90. The Bertz CT molecular complexity index is 1180. The quantitative estimate of drug-likeness (QED) is 0.538. The smallest absolute Gasteiger partial charge is 0.324 e. The summed E-state index contributed by atoms with van der Waals surface area (Å²) in [5.74, 6) is 1.07. The summed E-state index contributed by atoms with van der Waals surface area (Å²) in [6, 6.07) is 11.7. The van der Waals surface area contributed by atoms with Gasteiger partial charge in [-0.25, -0.2) is 12.8 Å². The van der Waals surface area contributed by atoms with Crippen molar-refractivity contribution in [3.63, 3.8) is 0 Å². The Labute approximate surface area is 187 Å². The number of piperidine rings is 1. The number of hydrogen-bond donors (Lipinski definition) is 0. The first kappa shape index (κ1) is 22.3. The fourth-order valence-corrected chi connectivity index (χ4v) is 4.25. The molecule has 0 bridgehead atoms. The molecule has 0 N–H and O–H groups in total. The van der Waals surface area contributed by atoms with Gasteiger partial charge in [-0.05, 0) is 29.8 Å². The van der Waals surface area contributed by atoms with E-state index in [2.05, 4.69) is 15.0 Å². The van der Waals surface area contributed by atoms with E-state index in [9.17, 15) is 12.8 Å². The largest absolute Gasteiger partial charge is 0.490 e. The lowest BCUT2D eigenvalue weighted by Gasteiger charge is -2.30. The zero-order valence-electron chi connectivity index (χ0n) is 18.3. The predicted octanol–water partition coefficient (Wildman–Crippen LogP) is 4.45. The Hall–Kier alpha value is -2.94. The Balaban J connectivity index is 1.36. The molecule has 9 heteroatoms. The van der Waals surface area contributed by atoms with E-state index in [0.29, 0.717) is 28.7 Å². The van der Waals surface area contributed by atoms with E-state index < -0.39 is 15.7 Å². The van der Waals surface area contributed by atoms with Crippen LogP contribution in [0.4, 0.5) is 10.4 Å². The second-order valence-corrected chi connectivity index (χ2v) is 10.3. The molecule has 0 saturated carbocycles. The van der Waals surface area contributed by atoms with E-state index in [0.717, 1.165) is 38.3 Å². The van der Waals surface area contributed by atoms with Gasteiger partial charge < -0.3 is 14.2 Å². The molecular weight excluding hydrogens is 433 g/mol. The number of ether oxygens (including phenoxy) is 1. The van der Waals surface area contributed by atoms with E-state index in [1.165, 1.54) is 12.1 Å². The summed E-state index contributed by atoms with van der Waals surface area (Å²) in [5.41, 5.74) is 1.000. The number of rotatable bonds is 6. The van der Waals surface area contributed by atoms with Crippen LogP contribution in [0.15, 0.2) is 51.9 Å². The molecule has 0 amide bonds. The molecule has 170 valence electrons. The topological polar surface area (TPSA) is 85.5 Å². The summed E-state index contributed by atoms with van der Waals surface area (Å²) in [4.78, 5) is 6.49. The van der Waals surface area contributed by atoms with Crippen molar-refractivity contribution < 1.29 is 22.1 Å². The van der Waals surface area contributed by atoms with E-state index in [1.54, 1.807) is 24.3 Å². The lowest BCUT2D eigenvalue weighted by atomic mass is 10.0. The average molecular weight is 460 g/mol. The molecule has 2 heterocycles. The molecule has 0 spiro atoms. The number of anilines is 1. The van der Waals surface area contributed by atoms with Gasteiger partial charge in [0.15, 0.2) is 15.7 Å². The van der Waals surface area contributed by atoms with Crippen molar-refractivity contribution in [3.05, 3.63) is 54.1 Å². The van der Waals surface area contributed by atoms with Crippen LogP contribution in [0, 0.1) is 5.82 Å². The fraction of sp³-hybridized carbons (Fsp3) is 0.391. The molecular formula is C23H26FN3O4S. The van der Waals surface area contributed by atoms with Gasteiger partial charge in [0.1, 0.15) is 17.7 Å². The first-order chi connectivity index (χ1) is 15.2. The van der Waals surface area contributed by atoms with Gasteiger partial charge in [0.05, 0.1) is 4.90 Å².